The summed E-state index contributed by atoms with van der Waals surface area (Å²) in [6.07, 6.45) is 3.59. The third-order valence-electron chi connectivity index (χ3n) is 1.28. The SMILES string of the molecule is O=S1(=O)CC#C/C=C\C#CCC1. The molecule has 0 amide bonds. The van der Waals surface area contributed by atoms with Crippen LogP contribution < -0.4 is 0 Å². The first-order chi connectivity index (χ1) is 5.71. The zero-order valence-electron chi connectivity index (χ0n) is 6.50. The van der Waals surface area contributed by atoms with Crippen molar-refractivity contribution in [1.82, 2.24) is 0 Å². The van der Waals surface area contributed by atoms with Crippen LogP contribution in [0.25, 0.3) is 0 Å². The first-order valence-corrected chi connectivity index (χ1v) is 5.35. The first kappa shape index (κ1) is 8.90. The van der Waals surface area contributed by atoms with Crippen molar-refractivity contribution in [3.63, 3.8) is 0 Å². The standard InChI is InChI=1S/C9H8O2S/c10-12(11)8-6-4-2-1-3-5-7-9-12/h1-2H,7-9H2/b2-1-. The number of allylic oxidation sites excluding steroid dienone is 2. The van der Waals surface area contributed by atoms with Gasteiger partial charge >= 0.3 is 0 Å². The summed E-state index contributed by atoms with van der Waals surface area (Å²) in [6.45, 7) is 0. The summed E-state index contributed by atoms with van der Waals surface area (Å²) in [7, 11) is -2.99. The maximum atomic E-state index is 11.1. The summed E-state index contributed by atoms with van der Waals surface area (Å²) in [4.78, 5) is 0. The molecule has 0 aromatic carbocycles. The van der Waals surface area contributed by atoms with Gasteiger partial charge in [-0.2, -0.15) is 0 Å². The van der Waals surface area contributed by atoms with Crippen LogP contribution in [0.3, 0.4) is 0 Å². The van der Waals surface area contributed by atoms with Gasteiger partial charge in [0.15, 0.2) is 9.84 Å². The van der Waals surface area contributed by atoms with Gasteiger partial charge in [0.25, 0.3) is 0 Å². The zero-order chi connectivity index (χ0) is 8.86. The van der Waals surface area contributed by atoms with Crippen LogP contribution in [0.5, 0.6) is 0 Å². The fourth-order valence-corrected chi connectivity index (χ4v) is 1.56. The topological polar surface area (TPSA) is 34.1 Å². The minimum Gasteiger partial charge on any atom is -0.228 e. The van der Waals surface area contributed by atoms with E-state index >= 15 is 0 Å². The third-order valence-corrected chi connectivity index (χ3v) is 2.69. The van der Waals surface area contributed by atoms with Crippen LogP contribution in [-0.2, 0) is 9.84 Å². The molecular weight excluding hydrogens is 172 g/mol. The van der Waals surface area contributed by atoms with E-state index in [1.165, 1.54) is 0 Å². The van der Waals surface area contributed by atoms with E-state index in [2.05, 4.69) is 23.7 Å². The van der Waals surface area contributed by atoms with Crippen molar-refractivity contribution in [2.45, 2.75) is 6.42 Å². The van der Waals surface area contributed by atoms with Crippen molar-refractivity contribution < 1.29 is 8.42 Å². The second-order valence-corrected chi connectivity index (χ2v) is 4.50. The van der Waals surface area contributed by atoms with Gasteiger partial charge in [0.2, 0.25) is 0 Å². The molecule has 0 unspecified atom stereocenters. The van der Waals surface area contributed by atoms with Gasteiger partial charge in [0.1, 0.15) is 5.75 Å². The average molecular weight is 180 g/mol. The molecule has 2 nitrogen and oxygen atoms in total. The molecule has 1 heterocycles. The van der Waals surface area contributed by atoms with E-state index in [1.807, 2.05) is 0 Å². The molecule has 0 saturated carbocycles. The van der Waals surface area contributed by atoms with E-state index in [9.17, 15) is 8.42 Å². The Hall–Kier alpha value is -1.19. The highest BCUT2D eigenvalue weighted by Gasteiger charge is 2.06. The minimum atomic E-state index is -2.99. The maximum absolute atomic E-state index is 11.1. The molecule has 1 rings (SSSR count). The molecular formula is C9H8O2S. The summed E-state index contributed by atoms with van der Waals surface area (Å²) < 4.78 is 22.2. The van der Waals surface area contributed by atoms with Crippen molar-refractivity contribution in [2.24, 2.45) is 0 Å². The Kier molecular flexibility index (Phi) is 2.96. The van der Waals surface area contributed by atoms with E-state index in [-0.39, 0.29) is 11.5 Å². The zero-order valence-corrected chi connectivity index (χ0v) is 7.32. The fraction of sp³-hybridized carbons (Fsp3) is 0.333. The Bertz CT molecular complexity index is 393. The largest absolute Gasteiger partial charge is 0.228 e. The van der Waals surface area contributed by atoms with Crippen molar-refractivity contribution in [1.29, 1.82) is 0 Å². The summed E-state index contributed by atoms with van der Waals surface area (Å²) in [5.41, 5.74) is 0. The lowest BCUT2D eigenvalue weighted by molar-refractivity contribution is 0.599. The van der Waals surface area contributed by atoms with E-state index < -0.39 is 9.84 Å². The van der Waals surface area contributed by atoms with Crippen molar-refractivity contribution in [3.05, 3.63) is 12.2 Å². The third kappa shape index (κ3) is 3.27. The highest BCUT2D eigenvalue weighted by Crippen LogP contribution is 1.92. The molecule has 3 heteroatoms. The lowest BCUT2D eigenvalue weighted by atomic mass is 10.4. The van der Waals surface area contributed by atoms with Gasteiger partial charge in [-0.1, -0.05) is 23.7 Å². The smallest absolute Gasteiger partial charge is 0.162 e. The van der Waals surface area contributed by atoms with Crippen LogP contribution in [0.2, 0.25) is 0 Å². The molecule has 0 bridgehead atoms. The number of hydrogen-bond donors (Lipinski definition) is 0. The predicted molar refractivity (Wildman–Crippen MR) is 48.0 cm³/mol. The maximum Gasteiger partial charge on any atom is 0.162 e. The van der Waals surface area contributed by atoms with Gasteiger partial charge in [0.05, 0.1) is 5.75 Å². The van der Waals surface area contributed by atoms with E-state index in [1.54, 1.807) is 12.2 Å². The molecule has 1 aliphatic heterocycles. The molecule has 0 spiro atoms. The molecule has 0 aliphatic carbocycles. The predicted octanol–water partition coefficient (Wildman–Crippen LogP) is 0.368. The van der Waals surface area contributed by atoms with Crippen LogP contribution >= 0.6 is 0 Å². The molecule has 12 heavy (non-hydrogen) atoms. The molecule has 62 valence electrons. The monoisotopic (exact) mass is 180 g/mol. The van der Waals surface area contributed by atoms with Gasteiger partial charge < -0.3 is 0 Å². The lowest BCUT2D eigenvalue weighted by Gasteiger charge is -1.94. The second kappa shape index (κ2) is 3.99. The molecule has 0 aromatic heterocycles. The van der Waals surface area contributed by atoms with Crippen LogP contribution in [0, 0.1) is 23.7 Å². The van der Waals surface area contributed by atoms with Crippen molar-refractivity contribution in [3.8, 4) is 23.7 Å². The van der Waals surface area contributed by atoms with Crippen molar-refractivity contribution >= 4 is 9.84 Å². The average Bonchev–Trinajstić information content (AvgIpc) is 2.02. The molecule has 0 atom stereocenters. The Labute approximate surface area is 72.6 Å². The summed E-state index contributed by atoms with van der Waals surface area (Å²) >= 11 is 0. The summed E-state index contributed by atoms with van der Waals surface area (Å²) in [5, 5.41) is 0. The van der Waals surface area contributed by atoms with E-state index in [4.69, 9.17) is 0 Å². The minimum absolute atomic E-state index is 0.0565. The number of rotatable bonds is 0. The number of sulfone groups is 1. The van der Waals surface area contributed by atoms with Gasteiger partial charge in [-0.05, 0) is 12.2 Å². The first-order valence-electron chi connectivity index (χ1n) is 3.53. The molecule has 0 N–H and O–H groups in total. The molecule has 0 aromatic rings. The van der Waals surface area contributed by atoms with Crippen LogP contribution in [-0.4, -0.2) is 19.9 Å². The molecule has 0 saturated heterocycles. The highest BCUT2D eigenvalue weighted by molar-refractivity contribution is 7.91. The van der Waals surface area contributed by atoms with Gasteiger partial charge in [0, 0.05) is 6.42 Å². The second-order valence-electron chi connectivity index (χ2n) is 2.32. The number of hydrogen-bond acceptors (Lipinski definition) is 2. The fourth-order valence-electron chi connectivity index (χ4n) is 0.704. The quantitative estimate of drug-likeness (QED) is 0.505. The van der Waals surface area contributed by atoms with Crippen molar-refractivity contribution in [2.75, 3.05) is 11.5 Å². The lowest BCUT2D eigenvalue weighted by Crippen LogP contribution is -2.09. The van der Waals surface area contributed by atoms with Gasteiger partial charge in [-0.15, -0.1) is 0 Å². The van der Waals surface area contributed by atoms with Gasteiger partial charge in [-0.25, -0.2) is 8.42 Å². The van der Waals surface area contributed by atoms with E-state index in [0.717, 1.165) is 0 Å². The Balaban J connectivity index is 2.84. The molecule has 0 fully saturated rings. The summed E-state index contributed by atoms with van der Waals surface area (Å²) in [6, 6.07) is 0. The van der Waals surface area contributed by atoms with Crippen LogP contribution in [0.15, 0.2) is 12.2 Å². The summed E-state index contributed by atoms with van der Waals surface area (Å²) in [5.74, 6) is 10.6. The van der Waals surface area contributed by atoms with Gasteiger partial charge in [-0.3, -0.25) is 0 Å². The van der Waals surface area contributed by atoms with Crippen LogP contribution in [0.1, 0.15) is 6.42 Å². The Morgan fingerprint density at radius 3 is 2.50 bits per heavy atom. The normalized spacial score (nSPS) is 22.3. The molecule has 0 radical (unpaired) electrons. The molecule has 1 aliphatic rings. The van der Waals surface area contributed by atoms with Crippen LogP contribution in [0.4, 0.5) is 0 Å². The Morgan fingerprint density at radius 1 is 1.08 bits per heavy atom. The Morgan fingerprint density at radius 2 is 1.75 bits per heavy atom. The van der Waals surface area contributed by atoms with E-state index in [0.29, 0.717) is 6.42 Å². The highest BCUT2D eigenvalue weighted by atomic mass is 32.2.